The Balaban J connectivity index is 1.29. The van der Waals surface area contributed by atoms with E-state index in [-0.39, 0.29) is 12.6 Å². The lowest BCUT2D eigenvalue weighted by atomic mass is 10.0. The molecule has 2 amide bonds. The number of aryl methyl sites for hydroxylation is 2. The Morgan fingerprint density at radius 1 is 1.13 bits per heavy atom. The molecule has 1 aliphatic rings. The van der Waals surface area contributed by atoms with Crippen LogP contribution in [0.4, 0.5) is 0 Å². The third kappa shape index (κ3) is 5.11. The van der Waals surface area contributed by atoms with Gasteiger partial charge in [0, 0.05) is 26.2 Å². The molecule has 7 nitrogen and oxygen atoms in total. The second-order valence-electron chi connectivity index (χ2n) is 8.30. The van der Waals surface area contributed by atoms with E-state index in [4.69, 9.17) is 0 Å². The van der Waals surface area contributed by atoms with Crippen LogP contribution in [0.15, 0.2) is 48.5 Å². The molecule has 2 N–H and O–H groups in total. The summed E-state index contributed by atoms with van der Waals surface area (Å²) in [7, 11) is 1.91. The van der Waals surface area contributed by atoms with Gasteiger partial charge in [-0.05, 0) is 49.6 Å². The number of benzene rings is 2. The lowest BCUT2D eigenvalue weighted by Gasteiger charge is -2.33. The monoisotopic (exact) mass is 419 g/mol. The van der Waals surface area contributed by atoms with Crippen LogP contribution in [0, 0.1) is 6.92 Å². The number of carbonyl (C=O) groups excluding carboxylic acids is 2. The van der Waals surface area contributed by atoms with Crippen molar-refractivity contribution in [1.82, 2.24) is 25.1 Å². The van der Waals surface area contributed by atoms with Crippen molar-refractivity contribution in [1.29, 1.82) is 0 Å². The summed E-state index contributed by atoms with van der Waals surface area (Å²) < 4.78 is 1.94. The molecule has 1 atom stereocenters. The summed E-state index contributed by atoms with van der Waals surface area (Å²) in [6.45, 7) is 4.83. The number of fused-ring (bicyclic) bond motifs is 1. The van der Waals surface area contributed by atoms with Crippen molar-refractivity contribution >= 4 is 22.8 Å². The van der Waals surface area contributed by atoms with Crippen LogP contribution < -0.4 is 10.6 Å². The quantitative estimate of drug-likeness (QED) is 0.622. The Labute approximate surface area is 182 Å². The highest BCUT2D eigenvalue weighted by atomic mass is 16.2. The number of rotatable bonds is 5. The zero-order valence-corrected chi connectivity index (χ0v) is 18.1. The number of hydrogen-bond donors (Lipinski definition) is 2. The van der Waals surface area contributed by atoms with Crippen LogP contribution in [0.5, 0.6) is 0 Å². The van der Waals surface area contributed by atoms with Gasteiger partial charge in [0.2, 0.25) is 0 Å². The fraction of sp³-hybridized carbons (Fsp3) is 0.375. The average molecular weight is 420 g/mol. The molecule has 0 saturated carbocycles. The molecule has 1 aliphatic heterocycles. The Bertz CT molecular complexity index is 1080. The van der Waals surface area contributed by atoms with Crippen molar-refractivity contribution in [3.8, 4) is 0 Å². The minimum atomic E-state index is -0.622. The summed E-state index contributed by atoms with van der Waals surface area (Å²) >= 11 is 0. The topological polar surface area (TPSA) is 79.3 Å². The van der Waals surface area contributed by atoms with Gasteiger partial charge in [-0.3, -0.25) is 14.5 Å². The van der Waals surface area contributed by atoms with E-state index in [0.29, 0.717) is 5.82 Å². The molecule has 0 aliphatic carbocycles. The number of hydrogen-bond acceptors (Lipinski definition) is 4. The minimum absolute atomic E-state index is 0.0190. The van der Waals surface area contributed by atoms with Crippen molar-refractivity contribution in [2.75, 3.05) is 13.1 Å². The van der Waals surface area contributed by atoms with Gasteiger partial charge in [-0.15, -0.1) is 0 Å². The number of piperidine rings is 1. The van der Waals surface area contributed by atoms with Crippen LogP contribution >= 0.6 is 0 Å². The SMILES string of the molecule is Cc1ccc2c(c1)nc(CNC(=O)C(=O)NC1CCCN(Cc3ccccc3)C1)n2C. The van der Waals surface area contributed by atoms with E-state index in [1.165, 1.54) is 5.56 Å². The van der Waals surface area contributed by atoms with Crippen molar-refractivity contribution < 1.29 is 9.59 Å². The zero-order valence-electron chi connectivity index (χ0n) is 18.1. The molecule has 2 heterocycles. The van der Waals surface area contributed by atoms with Gasteiger partial charge in [-0.1, -0.05) is 36.4 Å². The van der Waals surface area contributed by atoms with E-state index in [1.54, 1.807) is 0 Å². The van der Waals surface area contributed by atoms with Crippen LogP contribution in [0.1, 0.15) is 29.8 Å². The molecule has 7 heteroatoms. The van der Waals surface area contributed by atoms with Gasteiger partial charge in [0.05, 0.1) is 17.6 Å². The Morgan fingerprint density at radius 2 is 1.94 bits per heavy atom. The van der Waals surface area contributed by atoms with Crippen LogP contribution in [-0.4, -0.2) is 45.4 Å². The first-order chi connectivity index (χ1) is 15.0. The molecule has 0 spiro atoms. The summed E-state index contributed by atoms with van der Waals surface area (Å²) in [5.74, 6) is -0.488. The second kappa shape index (κ2) is 9.31. The number of aromatic nitrogens is 2. The highest BCUT2D eigenvalue weighted by Gasteiger charge is 2.24. The molecule has 1 saturated heterocycles. The minimum Gasteiger partial charge on any atom is -0.344 e. The van der Waals surface area contributed by atoms with Crippen LogP contribution in [-0.2, 0) is 29.7 Å². The van der Waals surface area contributed by atoms with Crippen molar-refractivity contribution in [2.45, 2.75) is 38.9 Å². The van der Waals surface area contributed by atoms with Gasteiger partial charge in [0.15, 0.2) is 0 Å². The highest BCUT2D eigenvalue weighted by Crippen LogP contribution is 2.16. The van der Waals surface area contributed by atoms with E-state index in [2.05, 4.69) is 32.7 Å². The maximum absolute atomic E-state index is 12.4. The van der Waals surface area contributed by atoms with Gasteiger partial charge in [-0.2, -0.15) is 0 Å². The first-order valence-electron chi connectivity index (χ1n) is 10.8. The van der Waals surface area contributed by atoms with Crippen molar-refractivity contribution in [3.05, 3.63) is 65.5 Å². The van der Waals surface area contributed by atoms with E-state index < -0.39 is 11.8 Å². The fourth-order valence-corrected chi connectivity index (χ4v) is 4.17. The third-order valence-corrected chi connectivity index (χ3v) is 5.83. The third-order valence-electron chi connectivity index (χ3n) is 5.83. The number of imidazole rings is 1. The Morgan fingerprint density at radius 3 is 2.74 bits per heavy atom. The Kier molecular flexibility index (Phi) is 6.32. The summed E-state index contributed by atoms with van der Waals surface area (Å²) in [5, 5.41) is 5.61. The largest absolute Gasteiger partial charge is 0.344 e. The van der Waals surface area contributed by atoms with Gasteiger partial charge < -0.3 is 15.2 Å². The molecule has 0 radical (unpaired) electrons. The molecule has 162 valence electrons. The summed E-state index contributed by atoms with van der Waals surface area (Å²) in [6.07, 6.45) is 1.88. The maximum atomic E-state index is 12.4. The molecule has 3 aromatic rings. The number of amides is 2. The van der Waals surface area contributed by atoms with E-state index >= 15 is 0 Å². The summed E-state index contributed by atoms with van der Waals surface area (Å²) in [5.41, 5.74) is 4.27. The molecule has 0 bridgehead atoms. The first kappa shape index (κ1) is 21.1. The number of nitrogens with one attached hydrogen (secondary N) is 2. The molecular weight excluding hydrogens is 390 g/mol. The predicted octanol–water partition coefficient (Wildman–Crippen LogP) is 2.28. The van der Waals surface area contributed by atoms with Gasteiger partial charge in [0.25, 0.3) is 0 Å². The van der Waals surface area contributed by atoms with Crippen LogP contribution in [0.3, 0.4) is 0 Å². The number of nitrogens with zero attached hydrogens (tertiary/aromatic N) is 3. The van der Waals surface area contributed by atoms with Crippen molar-refractivity contribution in [2.24, 2.45) is 7.05 Å². The van der Waals surface area contributed by atoms with E-state index in [9.17, 15) is 9.59 Å². The molecule has 1 fully saturated rings. The van der Waals surface area contributed by atoms with Crippen LogP contribution in [0.25, 0.3) is 11.0 Å². The van der Waals surface area contributed by atoms with Gasteiger partial charge >= 0.3 is 11.8 Å². The van der Waals surface area contributed by atoms with Gasteiger partial charge in [0.1, 0.15) is 5.82 Å². The molecule has 1 unspecified atom stereocenters. The number of likely N-dealkylation sites (tertiary alicyclic amines) is 1. The zero-order chi connectivity index (χ0) is 21.8. The molecule has 31 heavy (non-hydrogen) atoms. The average Bonchev–Trinajstić information content (AvgIpc) is 3.07. The maximum Gasteiger partial charge on any atom is 0.309 e. The lowest BCUT2D eigenvalue weighted by Crippen LogP contribution is -2.51. The normalized spacial score (nSPS) is 16.9. The fourth-order valence-electron chi connectivity index (χ4n) is 4.17. The standard InChI is InChI=1S/C24H29N5O2/c1-17-10-11-21-20(13-17)27-22(28(21)2)14-25-23(30)24(31)26-19-9-6-12-29(16-19)15-18-7-4-3-5-8-18/h3-5,7-8,10-11,13,19H,6,9,12,14-16H2,1-2H3,(H,25,30)(H,26,31). The highest BCUT2D eigenvalue weighted by molar-refractivity contribution is 6.35. The molecule has 1 aromatic heterocycles. The lowest BCUT2D eigenvalue weighted by molar-refractivity contribution is -0.140. The summed E-state index contributed by atoms with van der Waals surface area (Å²) in [6, 6.07) is 16.3. The predicted molar refractivity (Wildman–Crippen MR) is 120 cm³/mol. The van der Waals surface area contributed by atoms with E-state index in [1.807, 2.05) is 54.9 Å². The van der Waals surface area contributed by atoms with Crippen molar-refractivity contribution in [3.63, 3.8) is 0 Å². The molecule has 2 aromatic carbocycles. The molecule has 4 rings (SSSR count). The Hall–Kier alpha value is -3.19. The van der Waals surface area contributed by atoms with Crippen LogP contribution in [0.2, 0.25) is 0 Å². The first-order valence-corrected chi connectivity index (χ1v) is 10.8. The summed E-state index contributed by atoms with van der Waals surface area (Å²) in [4.78, 5) is 31.7. The van der Waals surface area contributed by atoms with Gasteiger partial charge in [-0.25, -0.2) is 4.98 Å². The smallest absolute Gasteiger partial charge is 0.309 e. The molecular formula is C24H29N5O2. The van der Waals surface area contributed by atoms with E-state index in [0.717, 1.165) is 49.1 Å². The second-order valence-corrected chi connectivity index (χ2v) is 8.30. The number of carbonyl (C=O) groups is 2.